The summed E-state index contributed by atoms with van der Waals surface area (Å²) in [6, 6.07) is 0.799. The summed E-state index contributed by atoms with van der Waals surface area (Å²) in [6.07, 6.45) is 10.8. The number of amides is 2. The third-order valence-electron chi connectivity index (χ3n) is 6.24. The van der Waals surface area contributed by atoms with E-state index in [1.54, 1.807) is 0 Å². The van der Waals surface area contributed by atoms with Crippen molar-refractivity contribution in [3.63, 3.8) is 0 Å². The van der Waals surface area contributed by atoms with Crippen LogP contribution in [0.3, 0.4) is 0 Å². The van der Waals surface area contributed by atoms with Gasteiger partial charge in [-0.1, -0.05) is 0 Å². The van der Waals surface area contributed by atoms with E-state index in [1.165, 1.54) is 18.7 Å². The highest BCUT2D eigenvalue weighted by atomic mass is 16.5. The molecule has 1 saturated carbocycles. The lowest BCUT2D eigenvalue weighted by molar-refractivity contribution is -0.135. The van der Waals surface area contributed by atoms with E-state index in [9.17, 15) is 9.59 Å². The molecule has 0 bridgehead atoms. The van der Waals surface area contributed by atoms with Gasteiger partial charge in [-0.05, 0) is 38.5 Å². The van der Waals surface area contributed by atoms with E-state index < -0.39 is 0 Å². The Morgan fingerprint density at radius 2 is 1.86 bits per heavy atom. The van der Waals surface area contributed by atoms with E-state index in [4.69, 9.17) is 4.74 Å². The van der Waals surface area contributed by atoms with Crippen LogP contribution in [0.1, 0.15) is 48.9 Å². The lowest BCUT2D eigenvalue weighted by atomic mass is 9.98. The third-order valence-corrected chi connectivity index (χ3v) is 6.24. The van der Waals surface area contributed by atoms with Crippen molar-refractivity contribution in [2.75, 3.05) is 39.4 Å². The van der Waals surface area contributed by atoms with Crippen LogP contribution in [0.15, 0.2) is 18.7 Å². The molecule has 1 aromatic heterocycles. The topological polar surface area (TPSA) is 87.7 Å². The summed E-state index contributed by atoms with van der Waals surface area (Å²) in [5.74, 6) is 0.475. The number of rotatable bonds is 7. The highest BCUT2D eigenvalue weighted by molar-refractivity contribution is 5.93. The molecule has 0 aromatic carbocycles. The van der Waals surface area contributed by atoms with Crippen molar-refractivity contribution >= 4 is 11.8 Å². The van der Waals surface area contributed by atoms with Gasteiger partial charge >= 0.3 is 0 Å². The molecule has 0 spiro atoms. The fourth-order valence-electron chi connectivity index (χ4n) is 4.51. The normalized spacial score (nSPS) is 23.2. The first kappa shape index (κ1) is 20.2. The molecule has 1 atom stereocenters. The molecule has 8 nitrogen and oxygen atoms in total. The molecule has 2 aliphatic heterocycles. The molecule has 2 amide bonds. The Bertz CT molecular complexity index is 691. The standard InChI is InChI=1S/C21H31N5O3/c27-20(17-12-22-15-23-13-17)24-7-9-26(18-5-10-29-11-6-18)19-2-1-8-25(14-19)21(28)16-3-4-16/h12-13,15-16,18-19H,1-11,14H2,(H,24,27). The number of piperidine rings is 1. The zero-order valence-electron chi connectivity index (χ0n) is 17.0. The van der Waals surface area contributed by atoms with Crippen LogP contribution in [0, 0.1) is 5.92 Å². The minimum absolute atomic E-state index is 0.147. The van der Waals surface area contributed by atoms with Crippen molar-refractivity contribution in [3.05, 3.63) is 24.3 Å². The van der Waals surface area contributed by atoms with Crippen LogP contribution in [0.25, 0.3) is 0 Å². The smallest absolute Gasteiger partial charge is 0.254 e. The molecule has 8 heteroatoms. The molecular weight excluding hydrogens is 370 g/mol. The Kier molecular flexibility index (Phi) is 6.71. The van der Waals surface area contributed by atoms with E-state index in [0.29, 0.717) is 30.1 Å². The van der Waals surface area contributed by atoms with Crippen molar-refractivity contribution in [2.45, 2.75) is 50.6 Å². The van der Waals surface area contributed by atoms with Gasteiger partial charge in [-0.3, -0.25) is 14.5 Å². The van der Waals surface area contributed by atoms with Crippen LogP contribution >= 0.6 is 0 Å². The highest BCUT2D eigenvalue weighted by Crippen LogP contribution is 2.32. The molecule has 2 saturated heterocycles. The first-order chi connectivity index (χ1) is 14.2. The first-order valence-electron chi connectivity index (χ1n) is 10.9. The number of carbonyl (C=O) groups excluding carboxylic acids is 2. The summed E-state index contributed by atoms with van der Waals surface area (Å²) in [5, 5.41) is 3.00. The summed E-state index contributed by atoms with van der Waals surface area (Å²) in [6.45, 7) is 4.61. The van der Waals surface area contributed by atoms with Crippen molar-refractivity contribution in [1.82, 2.24) is 25.1 Å². The summed E-state index contributed by atoms with van der Waals surface area (Å²) >= 11 is 0. The minimum atomic E-state index is -0.147. The fourth-order valence-corrected chi connectivity index (χ4v) is 4.51. The second-order valence-corrected chi connectivity index (χ2v) is 8.32. The van der Waals surface area contributed by atoms with Gasteiger partial charge in [0.25, 0.3) is 5.91 Å². The lowest BCUT2D eigenvalue weighted by Gasteiger charge is -2.44. The van der Waals surface area contributed by atoms with E-state index >= 15 is 0 Å². The molecular formula is C21H31N5O3. The molecule has 158 valence electrons. The third kappa shape index (κ3) is 5.30. The van der Waals surface area contributed by atoms with Gasteiger partial charge in [-0.15, -0.1) is 0 Å². The van der Waals surface area contributed by atoms with Crippen LogP contribution in [-0.4, -0.2) is 83.1 Å². The predicted octanol–water partition coefficient (Wildman–Crippen LogP) is 1.09. The minimum Gasteiger partial charge on any atom is -0.381 e. The second kappa shape index (κ2) is 9.63. The SMILES string of the molecule is O=C(NCCN(C1CCOCC1)C1CCCN(C(=O)C2CC2)C1)c1cncnc1. The van der Waals surface area contributed by atoms with E-state index in [1.807, 2.05) is 0 Å². The van der Waals surface area contributed by atoms with Crippen LogP contribution in [-0.2, 0) is 9.53 Å². The number of nitrogens with zero attached hydrogens (tertiary/aromatic N) is 4. The number of aromatic nitrogens is 2. The molecule has 3 aliphatic rings. The zero-order valence-corrected chi connectivity index (χ0v) is 17.0. The zero-order chi connectivity index (χ0) is 20.1. The number of hydrogen-bond donors (Lipinski definition) is 1. The summed E-state index contributed by atoms with van der Waals surface area (Å²) in [7, 11) is 0. The van der Waals surface area contributed by atoms with Crippen molar-refractivity contribution in [2.24, 2.45) is 5.92 Å². The van der Waals surface area contributed by atoms with Crippen LogP contribution in [0.4, 0.5) is 0 Å². The molecule has 3 fully saturated rings. The van der Waals surface area contributed by atoms with Gasteiger partial charge in [-0.25, -0.2) is 9.97 Å². The Morgan fingerprint density at radius 1 is 1.10 bits per heavy atom. The molecule has 0 radical (unpaired) electrons. The van der Waals surface area contributed by atoms with Gasteiger partial charge in [-0.2, -0.15) is 0 Å². The largest absolute Gasteiger partial charge is 0.381 e. The Hall–Kier alpha value is -2.06. The van der Waals surface area contributed by atoms with Gasteiger partial charge in [0, 0.05) is 69.8 Å². The van der Waals surface area contributed by atoms with Gasteiger partial charge < -0.3 is 15.0 Å². The second-order valence-electron chi connectivity index (χ2n) is 8.32. The number of ether oxygens (including phenoxy) is 1. The van der Waals surface area contributed by atoms with Crippen LogP contribution < -0.4 is 5.32 Å². The predicted molar refractivity (Wildman–Crippen MR) is 107 cm³/mol. The monoisotopic (exact) mass is 401 g/mol. The number of nitrogens with one attached hydrogen (secondary N) is 1. The average molecular weight is 402 g/mol. The van der Waals surface area contributed by atoms with E-state index in [0.717, 1.165) is 71.4 Å². The molecule has 1 unspecified atom stereocenters. The number of carbonyl (C=O) groups is 2. The number of likely N-dealkylation sites (tertiary alicyclic amines) is 1. The summed E-state index contributed by atoms with van der Waals surface area (Å²) in [5.41, 5.74) is 0.476. The van der Waals surface area contributed by atoms with Gasteiger partial charge in [0.05, 0.1) is 5.56 Å². The number of hydrogen-bond acceptors (Lipinski definition) is 6. The Morgan fingerprint density at radius 3 is 2.59 bits per heavy atom. The van der Waals surface area contributed by atoms with Gasteiger partial charge in [0.2, 0.25) is 5.91 Å². The van der Waals surface area contributed by atoms with Gasteiger partial charge in [0.1, 0.15) is 6.33 Å². The lowest BCUT2D eigenvalue weighted by Crippen LogP contribution is -2.55. The summed E-state index contributed by atoms with van der Waals surface area (Å²) < 4.78 is 5.56. The molecule has 3 heterocycles. The maximum Gasteiger partial charge on any atom is 0.254 e. The Balaban J connectivity index is 1.36. The van der Waals surface area contributed by atoms with Crippen molar-refractivity contribution in [1.29, 1.82) is 0 Å². The molecule has 1 aliphatic carbocycles. The first-order valence-corrected chi connectivity index (χ1v) is 10.9. The fraction of sp³-hybridized carbons (Fsp3) is 0.714. The van der Waals surface area contributed by atoms with E-state index in [-0.39, 0.29) is 11.8 Å². The van der Waals surface area contributed by atoms with Crippen molar-refractivity contribution in [3.8, 4) is 0 Å². The summed E-state index contributed by atoms with van der Waals surface area (Å²) in [4.78, 5) is 37.3. The van der Waals surface area contributed by atoms with E-state index in [2.05, 4.69) is 25.1 Å². The van der Waals surface area contributed by atoms with Crippen molar-refractivity contribution < 1.29 is 14.3 Å². The maximum absolute atomic E-state index is 12.6. The van der Waals surface area contributed by atoms with Crippen LogP contribution in [0.5, 0.6) is 0 Å². The molecule has 1 aromatic rings. The molecule has 29 heavy (non-hydrogen) atoms. The molecule has 4 rings (SSSR count). The quantitative estimate of drug-likeness (QED) is 0.736. The molecule has 1 N–H and O–H groups in total. The average Bonchev–Trinajstić information content (AvgIpc) is 3.63. The Labute approximate surface area is 172 Å². The highest BCUT2D eigenvalue weighted by Gasteiger charge is 2.37. The van der Waals surface area contributed by atoms with Gasteiger partial charge in [0.15, 0.2) is 0 Å². The maximum atomic E-state index is 12.6. The van der Waals surface area contributed by atoms with Crippen LogP contribution in [0.2, 0.25) is 0 Å².